The third-order valence-corrected chi connectivity index (χ3v) is 6.78. The van der Waals surface area contributed by atoms with Crippen LogP contribution in [0, 0.1) is 0 Å². The van der Waals surface area contributed by atoms with Gasteiger partial charge in [-0.05, 0) is 52.0 Å². The van der Waals surface area contributed by atoms with E-state index in [0.717, 1.165) is 5.56 Å². The van der Waals surface area contributed by atoms with Gasteiger partial charge in [0.1, 0.15) is 5.54 Å². The van der Waals surface area contributed by atoms with Crippen LogP contribution in [0.1, 0.15) is 27.7 Å². The fourth-order valence-electron chi connectivity index (χ4n) is 3.74. The van der Waals surface area contributed by atoms with Crippen LogP contribution in [-0.2, 0) is 16.1 Å². The zero-order valence-electron chi connectivity index (χ0n) is 18.3. The molecular weight excluding hydrogens is 446 g/mol. The van der Waals surface area contributed by atoms with E-state index in [1.54, 1.807) is 24.8 Å². The molecule has 7 nitrogen and oxygen atoms in total. The van der Waals surface area contributed by atoms with Gasteiger partial charge >= 0.3 is 0 Å². The Hall–Kier alpha value is -2.84. The number of anilines is 2. The van der Waals surface area contributed by atoms with Crippen LogP contribution in [0.25, 0.3) is 11.4 Å². The van der Waals surface area contributed by atoms with Gasteiger partial charge in [-0.25, -0.2) is 0 Å². The van der Waals surface area contributed by atoms with Gasteiger partial charge in [0.2, 0.25) is 11.8 Å². The summed E-state index contributed by atoms with van der Waals surface area (Å²) in [5.74, 6) is 0.305. The van der Waals surface area contributed by atoms with Gasteiger partial charge in [-0.15, -0.1) is 10.2 Å². The van der Waals surface area contributed by atoms with Gasteiger partial charge in [-0.3, -0.25) is 14.5 Å². The summed E-state index contributed by atoms with van der Waals surface area (Å²) in [7, 11) is 0. The van der Waals surface area contributed by atoms with Crippen LogP contribution in [0.2, 0.25) is 5.02 Å². The Balaban J connectivity index is 1.64. The molecular formula is C23H24ClN5O2S. The standard InChI is InChI=1S/C23H24ClN5O2S/c1-5-28-19(15-9-8-10-16(24)13-15)26-27-22(28)32-14(2)20(30)29-18-12-7-6-11-17(18)25-21(31)23(29,3)4/h6-14H,5H2,1-4H3,(H,25,31). The number of carbonyl (C=O) groups excluding carboxylic acids is 2. The second-order valence-corrected chi connectivity index (χ2v) is 9.77. The van der Waals surface area contributed by atoms with Gasteiger partial charge in [0.05, 0.1) is 16.6 Å². The molecule has 2 aromatic carbocycles. The van der Waals surface area contributed by atoms with Gasteiger partial charge in [0.25, 0.3) is 0 Å². The summed E-state index contributed by atoms with van der Waals surface area (Å²) >= 11 is 7.47. The molecule has 1 aliphatic heterocycles. The second kappa shape index (κ2) is 8.60. The van der Waals surface area contributed by atoms with Crippen molar-refractivity contribution in [1.82, 2.24) is 14.8 Å². The van der Waals surface area contributed by atoms with Crippen molar-refractivity contribution in [3.05, 3.63) is 53.6 Å². The van der Waals surface area contributed by atoms with E-state index in [0.29, 0.717) is 33.9 Å². The van der Waals surface area contributed by atoms with E-state index in [1.807, 2.05) is 60.9 Å². The molecule has 2 amide bonds. The van der Waals surface area contributed by atoms with E-state index in [4.69, 9.17) is 11.6 Å². The topological polar surface area (TPSA) is 80.1 Å². The molecule has 4 rings (SSSR count). The number of benzene rings is 2. The minimum Gasteiger partial charge on any atom is -0.322 e. The minimum absolute atomic E-state index is 0.169. The van der Waals surface area contributed by atoms with Crippen LogP contribution >= 0.6 is 23.4 Å². The summed E-state index contributed by atoms with van der Waals surface area (Å²) in [6, 6.07) is 14.8. The predicted octanol–water partition coefficient (Wildman–Crippen LogP) is 4.86. The lowest BCUT2D eigenvalue weighted by molar-refractivity contribution is -0.126. The Morgan fingerprint density at radius 3 is 2.66 bits per heavy atom. The number of aromatic nitrogens is 3. The van der Waals surface area contributed by atoms with Crippen LogP contribution in [0.3, 0.4) is 0 Å². The number of thioether (sulfide) groups is 1. The Morgan fingerprint density at radius 2 is 1.94 bits per heavy atom. The lowest BCUT2D eigenvalue weighted by Gasteiger charge is -2.43. The van der Waals surface area contributed by atoms with E-state index < -0.39 is 10.8 Å². The molecule has 0 bridgehead atoms. The van der Waals surface area contributed by atoms with E-state index in [9.17, 15) is 9.59 Å². The molecule has 9 heteroatoms. The first-order chi connectivity index (χ1) is 15.2. The average molecular weight is 470 g/mol. The maximum atomic E-state index is 13.6. The largest absolute Gasteiger partial charge is 0.322 e. The second-order valence-electron chi connectivity index (χ2n) is 8.02. The molecule has 1 aromatic heterocycles. The summed E-state index contributed by atoms with van der Waals surface area (Å²) in [6.45, 7) is 7.96. The SMILES string of the molecule is CCn1c(SC(C)C(=O)N2c3ccccc3NC(=O)C2(C)C)nnc1-c1cccc(Cl)c1. The van der Waals surface area contributed by atoms with Crippen molar-refractivity contribution in [2.45, 2.75) is 50.2 Å². The highest BCUT2D eigenvalue weighted by atomic mass is 35.5. The first-order valence-corrected chi connectivity index (χ1v) is 11.6. The number of rotatable bonds is 5. The monoisotopic (exact) mass is 469 g/mol. The van der Waals surface area contributed by atoms with Gasteiger partial charge < -0.3 is 9.88 Å². The highest BCUT2D eigenvalue weighted by Crippen LogP contribution is 2.39. The lowest BCUT2D eigenvalue weighted by Crippen LogP contribution is -2.60. The first-order valence-electron chi connectivity index (χ1n) is 10.3. The molecule has 3 aromatic rings. The number of fused-ring (bicyclic) bond motifs is 1. The Morgan fingerprint density at radius 1 is 1.19 bits per heavy atom. The van der Waals surface area contributed by atoms with Crippen LogP contribution in [0.5, 0.6) is 0 Å². The molecule has 0 radical (unpaired) electrons. The molecule has 1 N–H and O–H groups in total. The number of hydrogen-bond acceptors (Lipinski definition) is 5. The van der Waals surface area contributed by atoms with Crippen molar-refractivity contribution in [3.8, 4) is 11.4 Å². The van der Waals surface area contributed by atoms with E-state index >= 15 is 0 Å². The third kappa shape index (κ3) is 3.89. The fourth-order valence-corrected chi connectivity index (χ4v) is 4.88. The molecule has 2 heterocycles. The molecule has 0 aliphatic carbocycles. The first kappa shape index (κ1) is 22.4. The zero-order valence-corrected chi connectivity index (χ0v) is 19.9. The number of amides is 2. The molecule has 1 unspecified atom stereocenters. The van der Waals surface area contributed by atoms with E-state index in [1.165, 1.54) is 11.8 Å². The van der Waals surface area contributed by atoms with Crippen molar-refractivity contribution in [1.29, 1.82) is 0 Å². The van der Waals surface area contributed by atoms with Gasteiger partial charge in [-0.1, -0.05) is 47.6 Å². The van der Waals surface area contributed by atoms with Crippen LogP contribution in [0.4, 0.5) is 11.4 Å². The molecule has 0 saturated heterocycles. The molecule has 32 heavy (non-hydrogen) atoms. The third-order valence-electron chi connectivity index (χ3n) is 5.47. The maximum Gasteiger partial charge on any atom is 0.250 e. The van der Waals surface area contributed by atoms with Crippen molar-refractivity contribution in [2.24, 2.45) is 0 Å². The highest BCUT2D eigenvalue weighted by molar-refractivity contribution is 8.00. The maximum absolute atomic E-state index is 13.6. The average Bonchev–Trinajstić information content (AvgIpc) is 3.16. The van der Waals surface area contributed by atoms with Gasteiger partial charge in [0, 0.05) is 17.1 Å². The molecule has 0 saturated carbocycles. The summed E-state index contributed by atoms with van der Waals surface area (Å²) in [5.41, 5.74) is 1.15. The summed E-state index contributed by atoms with van der Waals surface area (Å²) < 4.78 is 1.96. The fraction of sp³-hybridized carbons (Fsp3) is 0.304. The summed E-state index contributed by atoms with van der Waals surface area (Å²) in [4.78, 5) is 27.9. The van der Waals surface area contributed by atoms with Crippen molar-refractivity contribution in [2.75, 3.05) is 10.2 Å². The van der Waals surface area contributed by atoms with Crippen LogP contribution < -0.4 is 10.2 Å². The number of hydrogen-bond donors (Lipinski definition) is 1. The number of carbonyl (C=O) groups is 2. The Bertz CT molecular complexity index is 1190. The van der Waals surface area contributed by atoms with Crippen LogP contribution in [0.15, 0.2) is 53.7 Å². The Kier molecular flexibility index (Phi) is 6.01. The summed E-state index contributed by atoms with van der Waals surface area (Å²) in [6.07, 6.45) is 0. The number of halogens is 1. The number of nitrogens with one attached hydrogen (secondary N) is 1. The lowest BCUT2D eigenvalue weighted by atomic mass is 9.96. The zero-order chi connectivity index (χ0) is 23.0. The molecule has 0 spiro atoms. The quantitative estimate of drug-likeness (QED) is 0.539. The Labute approximate surface area is 196 Å². The molecule has 1 aliphatic rings. The predicted molar refractivity (Wildman–Crippen MR) is 128 cm³/mol. The highest BCUT2D eigenvalue weighted by Gasteiger charge is 2.45. The number of para-hydroxylation sites is 2. The molecule has 166 valence electrons. The molecule has 1 atom stereocenters. The summed E-state index contributed by atoms with van der Waals surface area (Å²) in [5, 5.41) is 12.3. The smallest absolute Gasteiger partial charge is 0.250 e. The van der Waals surface area contributed by atoms with Crippen molar-refractivity contribution >= 4 is 46.6 Å². The van der Waals surface area contributed by atoms with Crippen molar-refractivity contribution in [3.63, 3.8) is 0 Å². The van der Waals surface area contributed by atoms with Crippen molar-refractivity contribution < 1.29 is 9.59 Å². The minimum atomic E-state index is -1.02. The van der Waals surface area contributed by atoms with E-state index in [-0.39, 0.29) is 11.8 Å². The van der Waals surface area contributed by atoms with Crippen LogP contribution in [-0.4, -0.2) is 37.4 Å². The number of nitrogens with zero attached hydrogens (tertiary/aromatic N) is 4. The van der Waals surface area contributed by atoms with E-state index in [2.05, 4.69) is 15.5 Å². The molecule has 0 fully saturated rings. The normalized spacial score (nSPS) is 15.8. The van der Waals surface area contributed by atoms with Gasteiger partial charge in [0.15, 0.2) is 11.0 Å². The van der Waals surface area contributed by atoms with Gasteiger partial charge in [-0.2, -0.15) is 0 Å².